The molecule has 0 spiro atoms. The highest BCUT2D eigenvalue weighted by Gasteiger charge is 2.40. The minimum atomic E-state index is -1.12. The van der Waals surface area contributed by atoms with Gasteiger partial charge in [0.1, 0.15) is 0 Å². The molecule has 0 bridgehead atoms. The van der Waals surface area contributed by atoms with Gasteiger partial charge in [0, 0.05) is 6.04 Å². The summed E-state index contributed by atoms with van der Waals surface area (Å²) in [6, 6.07) is -1.17. The lowest BCUT2D eigenvalue weighted by atomic mass is 9.73. The van der Waals surface area contributed by atoms with Gasteiger partial charge in [-0.2, -0.15) is 0 Å². The van der Waals surface area contributed by atoms with E-state index in [2.05, 4.69) is 13.8 Å². The zero-order chi connectivity index (χ0) is 15.8. The molecule has 21 heavy (non-hydrogen) atoms. The van der Waals surface area contributed by atoms with Gasteiger partial charge in [0.25, 0.3) is 0 Å². The minimum absolute atomic E-state index is 0.0501. The van der Waals surface area contributed by atoms with Crippen molar-refractivity contribution in [2.24, 2.45) is 11.8 Å². The Morgan fingerprint density at radius 2 is 1.76 bits per heavy atom. The van der Waals surface area contributed by atoms with Crippen LogP contribution in [-0.2, 0) is 19.1 Å². The van der Waals surface area contributed by atoms with E-state index in [-0.39, 0.29) is 12.6 Å². The molecular formula is C16H27NO4. The topological polar surface area (TPSA) is 63.7 Å². The van der Waals surface area contributed by atoms with Gasteiger partial charge >= 0.3 is 5.97 Å². The van der Waals surface area contributed by atoms with E-state index in [4.69, 9.17) is 4.74 Å². The van der Waals surface area contributed by atoms with E-state index < -0.39 is 12.0 Å². The summed E-state index contributed by atoms with van der Waals surface area (Å²) in [5.41, 5.74) is 0. The first-order chi connectivity index (χ1) is 10.1. The molecule has 0 radical (unpaired) electrons. The van der Waals surface area contributed by atoms with Gasteiger partial charge in [-0.3, -0.25) is 4.79 Å². The third-order valence-electron chi connectivity index (χ3n) is 4.61. The number of ether oxygens (including phenoxy) is 1. The van der Waals surface area contributed by atoms with Crippen molar-refractivity contribution in [1.82, 2.24) is 4.90 Å². The number of nitrogens with zero attached hydrogens (tertiary/aromatic N) is 1. The van der Waals surface area contributed by atoms with Crippen molar-refractivity contribution >= 4 is 18.7 Å². The summed E-state index contributed by atoms with van der Waals surface area (Å²) in [4.78, 5) is 36.3. The highest BCUT2D eigenvalue weighted by Crippen LogP contribution is 2.37. The summed E-state index contributed by atoms with van der Waals surface area (Å²) in [5.74, 6) is 0.0476. The van der Waals surface area contributed by atoms with Crippen LogP contribution in [0.3, 0.4) is 0 Å². The van der Waals surface area contributed by atoms with Crippen LogP contribution in [0.4, 0.5) is 0 Å². The molecule has 0 N–H and O–H groups in total. The Morgan fingerprint density at radius 1 is 1.19 bits per heavy atom. The number of rotatable bonds is 8. The standard InChI is InChI=1S/C16H27NO4/c1-4-12-8-7-9-13(5-2)15(12)17(11-19)14(10-18)16(20)21-6-3/h10-15H,4-9H2,1-3H3. The molecule has 0 aromatic carbocycles. The van der Waals surface area contributed by atoms with Gasteiger partial charge in [0.2, 0.25) is 6.41 Å². The van der Waals surface area contributed by atoms with Crippen molar-refractivity contribution in [2.75, 3.05) is 6.61 Å². The third-order valence-corrected chi connectivity index (χ3v) is 4.61. The van der Waals surface area contributed by atoms with Crippen molar-refractivity contribution < 1.29 is 19.1 Å². The first-order valence-electron chi connectivity index (χ1n) is 7.99. The Balaban J connectivity index is 3.03. The maximum Gasteiger partial charge on any atom is 0.336 e. The monoisotopic (exact) mass is 297 g/mol. The molecular weight excluding hydrogens is 270 g/mol. The van der Waals surface area contributed by atoms with Crippen LogP contribution in [0.2, 0.25) is 0 Å². The Kier molecular flexibility index (Phi) is 7.40. The van der Waals surface area contributed by atoms with Crippen molar-refractivity contribution in [3.63, 3.8) is 0 Å². The zero-order valence-corrected chi connectivity index (χ0v) is 13.3. The average molecular weight is 297 g/mol. The van der Waals surface area contributed by atoms with Gasteiger partial charge in [-0.1, -0.05) is 33.1 Å². The molecule has 3 atom stereocenters. The van der Waals surface area contributed by atoms with Crippen LogP contribution in [0, 0.1) is 11.8 Å². The van der Waals surface area contributed by atoms with E-state index in [1.807, 2.05) is 0 Å². The average Bonchev–Trinajstić information content (AvgIpc) is 2.51. The predicted molar refractivity (Wildman–Crippen MR) is 79.6 cm³/mol. The fourth-order valence-corrected chi connectivity index (χ4v) is 3.54. The molecule has 0 aromatic rings. The molecule has 5 nitrogen and oxygen atoms in total. The van der Waals surface area contributed by atoms with Crippen molar-refractivity contribution in [1.29, 1.82) is 0 Å². The summed E-state index contributed by atoms with van der Waals surface area (Å²) >= 11 is 0. The Morgan fingerprint density at radius 3 is 2.14 bits per heavy atom. The van der Waals surface area contributed by atoms with E-state index >= 15 is 0 Å². The Hall–Kier alpha value is -1.39. The predicted octanol–water partition coefficient (Wildman–Crippen LogP) is 2.18. The fraction of sp³-hybridized carbons (Fsp3) is 0.812. The normalized spacial score (nSPS) is 26.7. The number of carbonyl (C=O) groups excluding carboxylic acids is 3. The van der Waals surface area contributed by atoms with E-state index in [9.17, 15) is 14.4 Å². The lowest BCUT2D eigenvalue weighted by molar-refractivity contribution is -0.157. The van der Waals surface area contributed by atoms with Crippen molar-refractivity contribution in [3.8, 4) is 0 Å². The molecule has 1 aliphatic rings. The van der Waals surface area contributed by atoms with Gasteiger partial charge in [-0.15, -0.1) is 0 Å². The lowest BCUT2D eigenvalue weighted by Gasteiger charge is -2.44. The molecule has 0 saturated heterocycles. The summed E-state index contributed by atoms with van der Waals surface area (Å²) < 4.78 is 4.94. The first-order valence-corrected chi connectivity index (χ1v) is 7.99. The number of esters is 1. The van der Waals surface area contributed by atoms with Crippen LogP contribution >= 0.6 is 0 Å². The maximum absolute atomic E-state index is 12.0. The van der Waals surface area contributed by atoms with E-state index in [0.717, 1.165) is 32.1 Å². The molecule has 120 valence electrons. The van der Waals surface area contributed by atoms with Crippen LogP contribution in [-0.4, -0.2) is 42.3 Å². The van der Waals surface area contributed by atoms with Gasteiger partial charge in [-0.05, 0) is 31.6 Å². The number of carbonyl (C=O) groups is 3. The Labute approximate surface area is 127 Å². The number of hydrogen-bond acceptors (Lipinski definition) is 4. The summed E-state index contributed by atoms with van der Waals surface area (Å²) in [6.07, 6.45) is 6.29. The van der Waals surface area contributed by atoms with E-state index in [1.165, 1.54) is 4.90 Å². The van der Waals surface area contributed by atoms with Crippen LogP contribution in [0.5, 0.6) is 0 Å². The zero-order valence-electron chi connectivity index (χ0n) is 13.3. The van der Waals surface area contributed by atoms with Crippen LogP contribution in [0.1, 0.15) is 52.9 Å². The molecule has 0 aliphatic heterocycles. The fourth-order valence-electron chi connectivity index (χ4n) is 3.54. The second kappa shape index (κ2) is 8.80. The number of hydrogen-bond donors (Lipinski definition) is 0. The molecule has 1 aliphatic carbocycles. The van der Waals surface area contributed by atoms with Crippen molar-refractivity contribution in [2.45, 2.75) is 65.0 Å². The Bertz CT molecular complexity index is 346. The van der Waals surface area contributed by atoms with Crippen molar-refractivity contribution in [3.05, 3.63) is 0 Å². The summed E-state index contributed by atoms with van der Waals surface area (Å²) in [6.45, 7) is 6.09. The van der Waals surface area contributed by atoms with Crippen LogP contribution in [0.15, 0.2) is 0 Å². The number of aldehydes is 1. The molecule has 0 heterocycles. The molecule has 1 amide bonds. The SMILES string of the molecule is CCOC(=O)C(C=O)N(C=O)C1C(CC)CCCC1CC. The minimum Gasteiger partial charge on any atom is -0.464 e. The molecule has 1 rings (SSSR count). The van der Waals surface area contributed by atoms with Gasteiger partial charge in [0.15, 0.2) is 12.3 Å². The van der Waals surface area contributed by atoms with Gasteiger partial charge in [-0.25, -0.2) is 4.79 Å². The smallest absolute Gasteiger partial charge is 0.336 e. The second-order valence-corrected chi connectivity index (χ2v) is 5.64. The maximum atomic E-state index is 12.0. The molecule has 0 aromatic heterocycles. The van der Waals surface area contributed by atoms with Gasteiger partial charge < -0.3 is 14.4 Å². The van der Waals surface area contributed by atoms with E-state index in [0.29, 0.717) is 24.5 Å². The van der Waals surface area contributed by atoms with Crippen LogP contribution < -0.4 is 0 Å². The summed E-state index contributed by atoms with van der Waals surface area (Å²) in [7, 11) is 0. The second-order valence-electron chi connectivity index (χ2n) is 5.64. The molecule has 3 unspecified atom stereocenters. The highest BCUT2D eigenvalue weighted by atomic mass is 16.5. The third kappa shape index (κ3) is 4.05. The van der Waals surface area contributed by atoms with E-state index in [1.54, 1.807) is 6.92 Å². The van der Waals surface area contributed by atoms with Gasteiger partial charge in [0.05, 0.1) is 6.61 Å². The van der Waals surface area contributed by atoms with Crippen LogP contribution in [0.25, 0.3) is 0 Å². The quantitative estimate of drug-likeness (QED) is 0.391. The molecule has 5 heteroatoms. The highest BCUT2D eigenvalue weighted by molar-refractivity contribution is 5.94. The lowest BCUT2D eigenvalue weighted by Crippen LogP contribution is -2.54. The molecule has 1 fully saturated rings. The largest absolute Gasteiger partial charge is 0.464 e. The number of amides is 1. The molecule has 1 saturated carbocycles. The summed E-state index contributed by atoms with van der Waals surface area (Å²) in [5, 5.41) is 0. The first kappa shape index (κ1) is 17.7.